The van der Waals surface area contributed by atoms with Crippen molar-refractivity contribution < 1.29 is 0 Å². The lowest BCUT2D eigenvalue weighted by molar-refractivity contribution is 0.328. The number of aromatic nitrogens is 1. The number of pyridine rings is 1. The summed E-state index contributed by atoms with van der Waals surface area (Å²) >= 11 is 0. The predicted octanol–water partition coefficient (Wildman–Crippen LogP) is 5.56. The molecule has 170 valence electrons. The molecule has 0 spiro atoms. The lowest BCUT2D eigenvalue weighted by atomic mass is 10.1. The van der Waals surface area contributed by atoms with Crippen LogP contribution in [-0.2, 0) is 0 Å². The summed E-state index contributed by atoms with van der Waals surface area (Å²) in [5, 5.41) is 5.03. The highest BCUT2D eigenvalue weighted by Gasteiger charge is 2.06. The molecule has 33 heavy (non-hydrogen) atoms. The first kappa shape index (κ1) is 23.9. The summed E-state index contributed by atoms with van der Waals surface area (Å²) in [6.07, 6.45) is 9.57. The fourth-order valence-electron chi connectivity index (χ4n) is 3.30. The summed E-state index contributed by atoms with van der Waals surface area (Å²) in [6, 6.07) is 20.2. The van der Waals surface area contributed by atoms with Gasteiger partial charge < -0.3 is 5.32 Å². The Hall–Kier alpha value is -3.74. The molecule has 6 heteroatoms. The average Bonchev–Trinajstić information content (AvgIpc) is 2.86. The Morgan fingerprint density at radius 2 is 1.64 bits per heavy atom. The molecule has 0 amide bonds. The minimum Gasteiger partial charge on any atom is -0.355 e. The molecule has 0 saturated heterocycles. The number of likely N-dealkylation sites (N-methyl/N-ethyl adjacent to an activating group) is 1. The second-order valence-electron chi connectivity index (χ2n) is 7.56. The van der Waals surface area contributed by atoms with Crippen molar-refractivity contribution in [2.75, 3.05) is 30.0 Å². The molecule has 0 fully saturated rings. The Bertz CT molecular complexity index is 1070. The molecule has 3 N–H and O–H groups in total. The van der Waals surface area contributed by atoms with Crippen LogP contribution in [0.4, 0.5) is 17.1 Å². The van der Waals surface area contributed by atoms with E-state index < -0.39 is 0 Å². The maximum absolute atomic E-state index is 6.30. The number of aliphatic imine (C=N–C) groups is 1. The Labute approximate surface area is 196 Å². The highest BCUT2D eigenvalue weighted by Crippen LogP contribution is 2.23. The van der Waals surface area contributed by atoms with Crippen molar-refractivity contribution in [2.24, 2.45) is 10.8 Å². The van der Waals surface area contributed by atoms with Gasteiger partial charge in [0.25, 0.3) is 0 Å². The fraction of sp³-hybridized carbons (Fsp3) is 0.185. The lowest BCUT2D eigenvalue weighted by Gasteiger charge is -2.20. The summed E-state index contributed by atoms with van der Waals surface area (Å²) < 4.78 is 0. The second-order valence-corrected chi connectivity index (χ2v) is 7.56. The van der Waals surface area contributed by atoms with E-state index >= 15 is 0 Å². The van der Waals surface area contributed by atoms with E-state index in [0.717, 1.165) is 47.0 Å². The van der Waals surface area contributed by atoms with Crippen molar-refractivity contribution in [3.63, 3.8) is 0 Å². The van der Waals surface area contributed by atoms with Crippen LogP contribution in [0, 0.1) is 0 Å². The zero-order valence-corrected chi connectivity index (χ0v) is 19.4. The molecule has 0 saturated carbocycles. The zero-order chi connectivity index (χ0) is 23.5. The lowest BCUT2D eigenvalue weighted by Crippen LogP contribution is -2.28. The third-order valence-corrected chi connectivity index (χ3v) is 5.29. The smallest absolute Gasteiger partial charge is 0.0714 e. The zero-order valence-electron chi connectivity index (χ0n) is 19.4. The summed E-state index contributed by atoms with van der Waals surface area (Å²) in [7, 11) is 0. The Balaban J connectivity index is 1.66. The van der Waals surface area contributed by atoms with Crippen molar-refractivity contribution in [1.82, 2.24) is 9.88 Å². The van der Waals surface area contributed by atoms with E-state index in [4.69, 9.17) is 5.84 Å². The van der Waals surface area contributed by atoms with Crippen molar-refractivity contribution >= 4 is 35.9 Å². The second kappa shape index (κ2) is 12.3. The molecule has 1 aromatic heterocycles. The van der Waals surface area contributed by atoms with Gasteiger partial charge in [0.1, 0.15) is 0 Å². The maximum atomic E-state index is 6.30. The number of nitrogens with one attached hydrogen (secondary N) is 1. The summed E-state index contributed by atoms with van der Waals surface area (Å²) in [4.78, 5) is 10.5. The molecule has 2 aromatic carbocycles. The number of hydrogen-bond acceptors (Lipinski definition) is 6. The van der Waals surface area contributed by atoms with Crippen LogP contribution in [0.15, 0.2) is 89.9 Å². The highest BCUT2D eigenvalue weighted by atomic mass is 15.4. The molecule has 0 aliphatic carbocycles. The molecule has 0 aliphatic heterocycles. The molecule has 0 radical (unpaired) electrons. The van der Waals surface area contributed by atoms with Gasteiger partial charge in [-0.2, -0.15) is 0 Å². The van der Waals surface area contributed by atoms with Crippen LogP contribution in [0.25, 0.3) is 12.2 Å². The Morgan fingerprint density at radius 3 is 2.27 bits per heavy atom. The molecule has 0 atom stereocenters. The number of nitrogens with zero attached hydrogens (tertiary/aromatic N) is 4. The molecule has 6 nitrogen and oxygen atoms in total. The van der Waals surface area contributed by atoms with Crippen LogP contribution in [0.3, 0.4) is 0 Å². The van der Waals surface area contributed by atoms with Gasteiger partial charge >= 0.3 is 0 Å². The number of anilines is 3. The van der Waals surface area contributed by atoms with Crippen LogP contribution < -0.4 is 16.2 Å². The summed E-state index contributed by atoms with van der Waals surface area (Å²) in [6.45, 7) is 10.6. The van der Waals surface area contributed by atoms with Crippen LogP contribution in [-0.4, -0.2) is 36.2 Å². The van der Waals surface area contributed by atoms with Gasteiger partial charge in [0.15, 0.2) is 0 Å². The first-order valence-electron chi connectivity index (χ1n) is 11.1. The third-order valence-electron chi connectivity index (χ3n) is 5.29. The van der Waals surface area contributed by atoms with Gasteiger partial charge in [0, 0.05) is 36.5 Å². The van der Waals surface area contributed by atoms with E-state index in [1.165, 1.54) is 0 Å². The Kier molecular flexibility index (Phi) is 8.94. The molecule has 1 heterocycles. The third kappa shape index (κ3) is 7.42. The summed E-state index contributed by atoms with van der Waals surface area (Å²) in [5.41, 5.74) is 5.89. The molecular formula is C27H32N6. The van der Waals surface area contributed by atoms with Crippen LogP contribution >= 0.6 is 0 Å². The van der Waals surface area contributed by atoms with Crippen molar-refractivity contribution in [1.29, 1.82) is 0 Å². The van der Waals surface area contributed by atoms with Gasteiger partial charge in [-0.05, 0) is 73.4 Å². The van der Waals surface area contributed by atoms with Crippen molar-refractivity contribution in [3.8, 4) is 0 Å². The molecular weight excluding hydrogens is 408 g/mol. The number of benzene rings is 2. The largest absolute Gasteiger partial charge is 0.355 e. The van der Waals surface area contributed by atoms with Crippen LogP contribution in [0.5, 0.6) is 0 Å². The van der Waals surface area contributed by atoms with Gasteiger partial charge in [0.2, 0.25) is 0 Å². The maximum Gasteiger partial charge on any atom is 0.0714 e. The van der Waals surface area contributed by atoms with E-state index in [1.807, 2.05) is 42.6 Å². The number of hydrazine groups is 1. The summed E-state index contributed by atoms with van der Waals surface area (Å²) in [5.74, 6) is 6.30. The molecule has 0 unspecified atom stereocenters. The van der Waals surface area contributed by atoms with Crippen molar-refractivity contribution in [3.05, 3.63) is 96.1 Å². The Morgan fingerprint density at radius 1 is 0.970 bits per heavy atom. The average molecular weight is 441 g/mol. The van der Waals surface area contributed by atoms with E-state index in [1.54, 1.807) is 17.4 Å². The molecule has 0 bridgehead atoms. The monoisotopic (exact) mass is 440 g/mol. The van der Waals surface area contributed by atoms with Gasteiger partial charge in [-0.15, -0.1) is 0 Å². The van der Waals surface area contributed by atoms with E-state index in [-0.39, 0.29) is 0 Å². The van der Waals surface area contributed by atoms with E-state index in [0.29, 0.717) is 6.54 Å². The normalized spacial score (nSPS) is 11.7. The number of hydrogen-bond donors (Lipinski definition) is 2. The SMILES string of the molecule is C=N/C(=C\N(N)c1cccc(Nc2ccc(/C=C/c3ccncc3)cc2)c1)CN(CC)CC. The molecule has 0 aliphatic rings. The topological polar surface area (TPSA) is 69.8 Å². The number of rotatable bonds is 11. The van der Waals surface area contributed by atoms with Gasteiger partial charge in [-0.25, -0.2) is 5.84 Å². The van der Waals surface area contributed by atoms with Gasteiger partial charge in [-0.3, -0.25) is 19.9 Å². The minimum atomic E-state index is 0.712. The van der Waals surface area contributed by atoms with Gasteiger partial charge in [0.05, 0.1) is 11.4 Å². The first-order valence-corrected chi connectivity index (χ1v) is 11.1. The van der Waals surface area contributed by atoms with E-state index in [9.17, 15) is 0 Å². The highest BCUT2D eigenvalue weighted by molar-refractivity contribution is 5.71. The van der Waals surface area contributed by atoms with Crippen LogP contribution in [0.2, 0.25) is 0 Å². The predicted molar refractivity (Wildman–Crippen MR) is 141 cm³/mol. The standard InChI is InChI=1S/C27H32N6/c1-4-32(5-2)20-26(29-3)21-33(28)27-8-6-7-25(19-27)31-24-13-11-22(12-14-24)9-10-23-15-17-30-18-16-23/h6-19,21,31H,3-5,20,28H2,1-2H3/b10-9+,26-21-. The quantitative estimate of drug-likeness (QED) is 0.232. The molecule has 3 aromatic rings. The first-order chi connectivity index (χ1) is 16.1. The molecule has 3 rings (SSSR count). The van der Waals surface area contributed by atoms with Gasteiger partial charge in [-0.1, -0.05) is 44.2 Å². The minimum absolute atomic E-state index is 0.712. The van der Waals surface area contributed by atoms with E-state index in [2.05, 4.69) is 77.2 Å². The number of nitrogens with two attached hydrogens (primary N) is 1. The fourth-order valence-corrected chi connectivity index (χ4v) is 3.30. The van der Waals surface area contributed by atoms with Crippen LogP contribution in [0.1, 0.15) is 25.0 Å². The van der Waals surface area contributed by atoms with Crippen molar-refractivity contribution in [2.45, 2.75) is 13.8 Å².